The van der Waals surface area contributed by atoms with Gasteiger partial charge in [-0.2, -0.15) is 6.07 Å². The maximum atomic E-state index is 9.99. The summed E-state index contributed by atoms with van der Waals surface area (Å²) in [6.07, 6.45) is 0.0477. The predicted octanol–water partition coefficient (Wildman–Crippen LogP) is 20.3. The van der Waals surface area contributed by atoms with E-state index in [4.69, 9.17) is 13.8 Å². The Hall–Kier alpha value is -6.88. The number of ether oxygens (including phenoxy) is 1. The van der Waals surface area contributed by atoms with Crippen molar-refractivity contribution >= 4 is 44.6 Å². The summed E-state index contributed by atoms with van der Waals surface area (Å²) in [5.74, 6) is 1.31. The van der Waals surface area contributed by atoms with E-state index < -0.39 is 30.4 Å². The molecular weight excluding hydrogens is 1170 g/mol. The molecule has 5 heterocycles. The van der Waals surface area contributed by atoms with Crippen LogP contribution in [0, 0.1) is 24.7 Å². The molecule has 8 aromatic carbocycles. The number of nitrogens with zero attached hydrogens (tertiary/aromatic N) is 4. The van der Waals surface area contributed by atoms with Crippen LogP contribution in [-0.2, 0) is 49.1 Å². The summed E-state index contributed by atoms with van der Waals surface area (Å²) >= 11 is 0. The molecule has 3 aliphatic rings. The Labute approximate surface area is 506 Å². The molecule has 0 spiro atoms. The molecule has 10 aromatic rings. The summed E-state index contributed by atoms with van der Waals surface area (Å²) < 4.78 is 75.3. The van der Waals surface area contributed by atoms with E-state index in [2.05, 4.69) is 210 Å². The van der Waals surface area contributed by atoms with Gasteiger partial charge in [-0.05, 0) is 109 Å². The number of para-hydroxylation sites is 2. The van der Waals surface area contributed by atoms with E-state index in [1.807, 2.05) is 56.4 Å². The molecule has 414 valence electrons. The summed E-state index contributed by atoms with van der Waals surface area (Å²) in [6.45, 7) is 32.8. The van der Waals surface area contributed by atoms with Crippen molar-refractivity contribution in [2.24, 2.45) is 5.92 Å². The zero-order chi connectivity index (χ0) is 62.5. The van der Waals surface area contributed by atoms with Crippen molar-refractivity contribution in [3.63, 3.8) is 0 Å². The summed E-state index contributed by atoms with van der Waals surface area (Å²) in [6, 6.07) is 53.8. The van der Waals surface area contributed by atoms with Crippen LogP contribution in [0.1, 0.15) is 134 Å². The first kappa shape index (κ1) is 47.7. The monoisotopic (exact) mass is 1250 g/mol. The summed E-state index contributed by atoms with van der Waals surface area (Å²) in [5.41, 5.74) is 13.3. The normalized spacial score (nSPS) is 18.5. The van der Waals surface area contributed by atoms with Gasteiger partial charge in [-0.15, -0.1) is 35.2 Å². The van der Waals surface area contributed by atoms with Gasteiger partial charge in [0, 0.05) is 75.5 Å². The number of hydrogen-bond donors (Lipinski definition) is 0. The molecular formula is C75H77N4OPt-. The Morgan fingerprint density at radius 2 is 1.22 bits per heavy atom. The molecule has 81 heavy (non-hydrogen) atoms. The Balaban J connectivity index is 0.00000800. The van der Waals surface area contributed by atoms with Gasteiger partial charge in [0.05, 0.1) is 13.5 Å². The quantitative estimate of drug-likeness (QED) is 0.101. The molecule has 2 atom stereocenters. The van der Waals surface area contributed by atoms with Crippen LogP contribution in [0.15, 0.2) is 176 Å². The second-order valence-electron chi connectivity index (χ2n) is 26.6. The fraction of sp³-hybridized carbons (Fsp3) is 0.280. The van der Waals surface area contributed by atoms with Crippen LogP contribution in [0.5, 0.6) is 11.5 Å². The van der Waals surface area contributed by atoms with E-state index in [0.717, 1.165) is 89.2 Å². The zero-order valence-corrected chi connectivity index (χ0v) is 51.5. The minimum atomic E-state index is -1.83. The molecule has 3 aliphatic heterocycles. The van der Waals surface area contributed by atoms with Crippen LogP contribution < -0.4 is 13.7 Å². The van der Waals surface area contributed by atoms with Crippen LogP contribution in [0.3, 0.4) is 0 Å². The van der Waals surface area contributed by atoms with Crippen LogP contribution >= 0.6 is 0 Å². The molecule has 2 aromatic heterocycles. The molecule has 0 unspecified atom stereocenters. The molecule has 2 bridgehead atoms. The van der Waals surface area contributed by atoms with E-state index in [0.29, 0.717) is 35.0 Å². The molecule has 0 radical (unpaired) electrons. The molecule has 13 rings (SSSR count). The predicted molar refractivity (Wildman–Crippen MR) is 337 cm³/mol. The molecule has 5 nitrogen and oxygen atoms in total. The third-order valence-electron chi connectivity index (χ3n) is 16.3. The van der Waals surface area contributed by atoms with Crippen molar-refractivity contribution in [2.45, 2.75) is 125 Å². The van der Waals surface area contributed by atoms with Gasteiger partial charge in [-0.1, -0.05) is 218 Å². The maximum Gasteiger partial charge on any atom is 0.184 e. The SMILES string of the molecule is [2H]c1c([2H])c([2H])c(-c2cccc(-c3cc(C(C)(C)C)cc(C(C)(C)C)c3)c2[N@+]23[CH-][N@+](c4[c-]c(Oc5[c-]c6c(cc5)c5cc(-c7ccccc7)ccc5n6-c5cc(C(C)(C)C)ccn5)cc(C(C)(C)C)c4)(C2)c2cccc(C([2H])([2H])C(C)C)c23)c([2H])c1[2H].[Pt]. The van der Waals surface area contributed by atoms with Gasteiger partial charge < -0.3 is 13.8 Å². The topological polar surface area (TPSA) is 27.1 Å². The number of pyridine rings is 1. The smallest absolute Gasteiger partial charge is 0.184 e. The van der Waals surface area contributed by atoms with E-state index in [-0.39, 0.29) is 69.3 Å². The fourth-order valence-corrected chi connectivity index (χ4v) is 12.0. The number of fused-ring (bicyclic) bond motifs is 3. The van der Waals surface area contributed by atoms with Crippen molar-refractivity contribution in [1.29, 1.82) is 0 Å². The van der Waals surface area contributed by atoms with E-state index in [1.165, 1.54) is 0 Å². The first-order chi connectivity index (χ1) is 40.7. The largest absolute Gasteiger partial charge is 0.509 e. The van der Waals surface area contributed by atoms with E-state index >= 15 is 0 Å². The number of hydrogen-bond acceptors (Lipinski definition) is 2. The molecule has 6 heteroatoms. The van der Waals surface area contributed by atoms with E-state index in [9.17, 15) is 5.48 Å². The standard InChI is InChI=1S/C75H77N4O.Pt/c1-49(2)37-53-27-21-30-68-70(53)79(71-62(51-25-19-16-20-26-51)28-22-29-63(71)54-38-56(73(6,7)8)41-57(39-54)74(9,10)11)47-78(68,48-79)59-42-58(75(12,13)14)43-61(45-59)80-60-32-33-64-65-40-52(50-23-17-15-18-24-50)31-34-66(65)77(67(64)46-60)69-44-55(35-36-76-69)72(3,4)5;/h15-36,38-44,47,49H,37,48H2,1-14H3;/q-1;/t78-,79-;/m1./s1/i16D,19D,20D,25D,26D,37D2;. The number of benzene rings is 8. The van der Waals surface area contributed by atoms with Gasteiger partial charge in [0.15, 0.2) is 18.0 Å². The molecule has 0 aliphatic carbocycles. The summed E-state index contributed by atoms with van der Waals surface area (Å²) in [7, 11) is 0. The van der Waals surface area contributed by atoms with Crippen LogP contribution in [0.25, 0.3) is 61.0 Å². The van der Waals surface area contributed by atoms with Gasteiger partial charge in [0.2, 0.25) is 0 Å². The van der Waals surface area contributed by atoms with Gasteiger partial charge in [-0.3, -0.25) is 4.48 Å². The fourth-order valence-electron chi connectivity index (χ4n) is 12.0. The molecule has 1 fully saturated rings. The van der Waals surface area contributed by atoms with Crippen LogP contribution in [0.2, 0.25) is 0 Å². The first-order valence-electron chi connectivity index (χ1n) is 31.7. The number of quaternary nitrogens is 2. The van der Waals surface area contributed by atoms with Gasteiger partial charge in [-0.25, -0.2) is 4.98 Å². The average Bonchev–Trinajstić information content (AvgIpc) is 1.47. The minimum absolute atomic E-state index is 0. The maximum absolute atomic E-state index is 9.99. The third-order valence-corrected chi connectivity index (χ3v) is 16.3. The van der Waals surface area contributed by atoms with Crippen molar-refractivity contribution in [2.75, 3.05) is 6.67 Å². The van der Waals surface area contributed by atoms with Crippen LogP contribution in [0.4, 0.5) is 22.7 Å². The van der Waals surface area contributed by atoms with Crippen LogP contribution in [-0.4, -0.2) is 16.2 Å². The number of aromatic nitrogens is 2. The Bertz CT molecular complexity index is 4380. The minimum Gasteiger partial charge on any atom is -0.509 e. The first-order valence-corrected chi connectivity index (χ1v) is 28.2. The molecule has 0 saturated carbocycles. The Morgan fingerprint density at radius 1 is 0.580 bits per heavy atom. The zero-order valence-electron chi connectivity index (χ0n) is 56.2. The van der Waals surface area contributed by atoms with Crippen molar-refractivity contribution in [3.05, 3.63) is 223 Å². The average molecular weight is 1250 g/mol. The van der Waals surface area contributed by atoms with E-state index in [1.54, 1.807) is 0 Å². The summed E-state index contributed by atoms with van der Waals surface area (Å²) in [5, 5.41) is 2.07. The molecule has 0 amide bonds. The number of rotatable bonds is 10. The Morgan fingerprint density at radius 3 is 1.88 bits per heavy atom. The third kappa shape index (κ3) is 9.92. The second-order valence-corrected chi connectivity index (χ2v) is 26.6. The van der Waals surface area contributed by atoms with Gasteiger partial charge in [0.1, 0.15) is 11.5 Å². The van der Waals surface area contributed by atoms with Crippen molar-refractivity contribution < 1.29 is 35.4 Å². The van der Waals surface area contributed by atoms with Crippen molar-refractivity contribution in [3.8, 4) is 50.7 Å². The van der Waals surface area contributed by atoms with Gasteiger partial charge >= 0.3 is 0 Å². The Kier molecular flexibility index (Phi) is 11.9. The second kappa shape index (κ2) is 20.2. The van der Waals surface area contributed by atoms with Gasteiger partial charge in [0.25, 0.3) is 0 Å². The summed E-state index contributed by atoms with van der Waals surface area (Å²) in [4.78, 5) is 4.99. The van der Waals surface area contributed by atoms with Crippen molar-refractivity contribution in [1.82, 2.24) is 18.5 Å². The molecule has 1 saturated heterocycles. The molecule has 0 N–H and O–H groups in total.